The van der Waals surface area contributed by atoms with Crippen LogP contribution < -0.4 is 5.73 Å². The van der Waals surface area contributed by atoms with E-state index in [2.05, 4.69) is 0 Å². The lowest BCUT2D eigenvalue weighted by Crippen LogP contribution is -2.45. The van der Waals surface area contributed by atoms with Gasteiger partial charge in [-0.15, -0.1) is 0 Å². The van der Waals surface area contributed by atoms with E-state index in [0.717, 1.165) is 12.5 Å². The Morgan fingerprint density at radius 2 is 1.46 bits per heavy atom. The van der Waals surface area contributed by atoms with Crippen LogP contribution >= 0.6 is 0 Å². The first-order chi connectivity index (χ1) is 5.89. The quantitative estimate of drug-likeness (QED) is 0.660. The Morgan fingerprint density at radius 3 is 1.69 bits per heavy atom. The minimum Gasteiger partial charge on any atom is -0.377 e. The summed E-state index contributed by atoms with van der Waals surface area (Å²) in [6.07, 6.45) is 0.828. The molecule has 13 heavy (non-hydrogen) atoms. The monoisotopic (exact) mass is 207 g/mol. The maximum atomic E-state index is 5.86. The Labute approximate surface area is 81.7 Å². The molecule has 2 N–H and O–H groups in total. The lowest BCUT2D eigenvalue weighted by atomic mass is 10.0. The average Bonchev–Trinajstić information content (AvgIpc) is 2.06. The first kappa shape index (κ1) is 13.1. The minimum absolute atomic E-state index is 0.201. The first-order valence-corrected chi connectivity index (χ1v) is 6.26. The summed E-state index contributed by atoms with van der Waals surface area (Å²) in [6.45, 7) is 3.96. The molecule has 0 bridgehead atoms. The predicted octanol–water partition coefficient (Wildman–Crippen LogP) is 0.992. The van der Waals surface area contributed by atoms with Crippen LogP contribution in [0, 0.1) is 0 Å². The van der Waals surface area contributed by atoms with Crippen LogP contribution in [0.4, 0.5) is 0 Å². The van der Waals surface area contributed by atoms with Gasteiger partial charge in [0.1, 0.15) is 0 Å². The first-order valence-electron chi connectivity index (χ1n) is 4.33. The fraction of sp³-hybridized carbons (Fsp3) is 1.00. The summed E-state index contributed by atoms with van der Waals surface area (Å²) in [4.78, 5) is 0. The van der Waals surface area contributed by atoms with Crippen LogP contribution in [-0.2, 0) is 13.3 Å². The molecule has 5 heteroatoms. The molecule has 0 saturated heterocycles. The molecule has 0 fully saturated rings. The third-order valence-corrected chi connectivity index (χ3v) is 4.74. The Hall–Kier alpha value is 0.0569. The molecule has 0 aliphatic carbocycles. The van der Waals surface area contributed by atoms with Crippen LogP contribution in [0.3, 0.4) is 0 Å². The molecule has 0 unspecified atom stereocenters. The lowest BCUT2D eigenvalue weighted by Gasteiger charge is -2.27. The number of hydrogen-bond donors (Lipinski definition) is 1. The fourth-order valence-electron chi connectivity index (χ4n) is 1.03. The van der Waals surface area contributed by atoms with E-state index in [-0.39, 0.29) is 5.54 Å². The zero-order valence-corrected chi connectivity index (χ0v) is 10.2. The molecule has 0 aromatic heterocycles. The van der Waals surface area contributed by atoms with E-state index in [1.807, 2.05) is 13.8 Å². The normalized spacial score (nSPS) is 13.4. The standard InChI is InChI=1S/C8H21NO3Si/c1-8(2,9)6-7-13(10-3,11-4)12-5/h6-7,9H2,1-5H3. The molecular formula is C8H21NO3Si. The van der Waals surface area contributed by atoms with E-state index < -0.39 is 8.80 Å². The molecular weight excluding hydrogens is 186 g/mol. The van der Waals surface area contributed by atoms with Gasteiger partial charge >= 0.3 is 8.80 Å². The van der Waals surface area contributed by atoms with Crippen molar-refractivity contribution in [3.05, 3.63) is 0 Å². The van der Waals surface area contributed by atoms with Crippen molar-refractivity contribution in [2.24, 2.45) is 5.73 Å². The highest BCUT2D eigenvalue weighted by Crippen LogP contribution is 2.19. The lowest BCUT2D eigenvalue weighted by molar-refractivity contribution is 0.121. The van der Waals surface area contributed by atoms with Crippen LogP contribution in [0.1, 0.15) is 20.3 Å². The number of hydrogen-bond acceptors (Lipinski definition) is 4. The van der Waals surface area contributed by atoms with Crippen molar-refractivity contribution >= 4 is 8.80 Å². The van der Waals surface area contributed by atoms with Gasteiger partial charge in [0.15, 0.2) is 0 Å². The molecule has 4 nitrogen and oxygen atoms in total. The second-order valence-corrected chi connectivity index (χ2v) is 6.87. The summed E-state index contributed by atoms with van der Waals surface area (Å²) >= 11 is 0. The van der Waals surface area contributed by atoms with Crippen molar-refractivity contribution in [3.8, 4) is 0 Å². The van der Waals surface area contributed by atoms with E-state index in [1.165, 1.54) is 0 Å². The van der Waals surface area contributed by atoms with Crippen LogP contribution in [0.5, 0.6) is 0 Å². The van der Waals surface area contributed by atoms with E-state index in [0.29, 0.717) is 0 Å². The molecule has 0 spiro atoms. The van der Waals surface area contributed by atoms with Crippen LogP contribution in [0.15, 0.2) is 0 Å². The van der Waals surface area contributed by atoms with Gasteiger partial charge in [0.2, 0.25) is 0 Å². The number of nitrogens with two attached hydrogens (primary N) is 1. The molecule has 0 heterocycles. The molecule has 0 aliphatic rings. The van der Waals surface area contributed by atoms with Gasteiger partial charge in [-0.3, -0.25) is 0 Å². The topological polar surface area (TPSA) is 53.7 Å². The molecule has 0 amide bonds. The summed E-state index contributed by atoms with van der Waals surface area (Å²) in [5, 5.41) is 0. The maximum absolute atomic E-state index is 5.86. The third-order valence-electron chi connectivity index (χ3n) is 2.01. The molecule has 0 aliphatic heterocycles. The predicted molar refractivity (Wildman–Crippen MR) is 54.5 cm³/mol. The highest BCUT2D eigenvalue weighted by Gasteiger charge is 2.38. The second-order valence-electron chi connectivity index (χ2n) is 3.78. The van der Waals surface area contributed by atoms with E-state index in [9.17, 15) is 0 Å². The molecule has 0 rings (SSSR count). The minimum atomic E-state index is -2.41. The van der Waals surface area contributed by atoms with E-state index in [4.69, 9.17) is 19.0 Å². The Kier molecular flexibility index (Phi) is 5.09. The van der Waals surface area contributed by atoms with Crippen LogP contribution in [-0.4, -0.2) is 35.7 Å². The highest BCUT2D eigenvalue weighted by molar-refractivity contribution is 6.60. The Bertz CT molecular complexity index is 135. The van der Waals surface area contributed by atoms with Gasteiger partial charge in [-0.05, 0) is 20.3 Å². The van der Waals surface area contributed by atoms with Crippen molar-refractivity contribution in [2.75, 3.05) is 21.3 Å². The maximum Gasteiger partial charge on any atom is 0.500 e. The zero-order valence-electron chi connectivity index (χ0n) is 9.22. The number of rotatable bonds is 6. The van der Waals surface area contributed by atoms with E-state index >= 15 is 0 Å². The van der Waals surface area contributed by atoms with Gasteiger partial charge in [0, 0.05) is 32.9 Å². The average molecular weight is 207 g/mol. The van der Waals surface area contributed by atoms with Crippen molar-refractivity contribution in [1.29, 1.82) is 0 Å². The van der Waals surface area contributed by atoms with Crippen molar-refractivity contribution in [2.45, 2.75) is 31.9 Å². The third kappa shape index (κ3) is 4.73. The summed E-state index contributed by atoms with van der Waals surface area (Å²) in [5.41, 5.74) is 5.66. The van der Waals surface area contributed by atoms with Gasteiger partial charge in [-0.1, -0.05) is 0 Å². The fourth-order valence-corrected chi connectivity index (χ4v) is 3.09. The molecule has 0 aromatic rings. The van der Waals surface area contributed by atoms with Gasteiger partial charge in [0.25, 0.3) is 0 Å². The van der Waals surface area contributed by atoms with Crippen molar-refractivity contribution in [3.63, 3.8) is 0 Å². The van der Waals surface area contributed by atoms with Gasteiger partial charge < -0.3 is 19.0 Å². The summed E-state index contributed by atoms with van der Waals surface area (Å²) in [6, 6.07) is 0.750. The summed E-state index contributed by atoms with van der Waals surface area (Å²) in [7, 11) is 2.43. The smallest absolute Gasteiger partial charge is 0.377 e. The van der Waals surface area contributed by atoms with Crippen molar-refractivity contribution < 1.29 is 13.3 Å². The second kappa shape index (κ2) is 5.07. The van der Waals surface area contributed by atoms with Gasteiger partial charge in [-0.25, -0.2) is 0 Å². The van der Waals surface area contributed by atoms with Gasteiger partial charge in [-0.2, -0.15) is 0 Å². The highest BCUT2D eigenvalue weighted by atomic mass is 28.4. The largest absolute Gasteiger partial charge is 0.500 e. The van der Waals surface area contributed by atoms with Crippen LogP contribution in [0.2, 0.25) is 6.04 Å². The van der Waals surface area contributed by atoms with E-state index in [1.54, 1.807) is 21.3 Å². The summed E-state index contributed by atoms with van der Waals surface area (Å²) < 4.78 is 15.8. The summed E-state index contributed by atoms with van der Waals surface area (Å²) in [5.74, 6) is 0. The molecule has 0 atom stereocenters. The molecule has 0 radical (unpaired) electrons. The van der Waals surface area contributed by atoms with Gasteiger partial charge in [0.05, 0.1) is 0 Å². The molecule has 80 valence electrons. The Balaban J connectivity index is 4.11. The Morgan fingerprint density at radius 1 is 1.08 bits per heavy atom. The SMILES string of the molecule is CO[Si](CCC(C)(C)N)(OC)OC. The molecule has 0 aromatic carbocycles. The molecule has 0 saturated carbocycles. The van der Waals surface area contributed by atoms with Crippen molar-refractivity contribution in [1.82, 2.24) is 0 Å². The van der Waals surface area contributed by atoms with Crippen LogP contribution in [0.25, 0.3) is 0 Å². The zero-order chi connectivity index (χ0) is 10.5.